The summed E-state index contributed by atoms with van der Waals surface area (Å²) in [6.07, 6.45) is 3.48. The smallest absolute Gasteiger partial charge is 0.196 e. The molecule has 0 aliphatic heterocycles. The molecule has 4 aromatic rings. The van der Waals surface area contributed by atoms with Gasteiger partial charge < -0.3 is 4.74 Å². The van der Waals surface area contributed by atoms with Crippen molar-refractivity contribution in [3.63, 3.8) is 0 Å². The van der Waals surface area contributed by atoms with E-state index in [1.807, 2.05) is 54.0 Å². The second-order valence-corrected chi connectivity index (χ2v) is 7.17. The monoisotopic (exact) mass is 406 g/mol. The van der Waals surface area contributed by atoms with Crippen LogP contribution >= 0.6 is 11.8 Å². The normalized spacial score (nSPS) is 10.8. The lowest BCUT2D eigenvalue weighted by Crippen LogP contribution is -2.00. The van der Waals surface area contributed by atoms with Gasteiger partial charge in [-0.2, -0.15) is 0 Å². The summed E-state index contributed by atoms with van der Waals surface area (Å²) in [6, 6.07) is 18.2. The fourth-order valence-electron chi connectivity index (χ4n) is 2.91. The van der Waals surface area contributed by atoms with Gasteiger partial charge in [-0.1, -0.05) is 23.9 Å². The zero-order valence-electron chi connectivity index (χ0n) is 15.8. The topological polar surface area (TPSA) is 52.8 Å². The first-order valence-corrected chi connectivity index (χ1v) is 10.2. The molecule has 4 rings (SSSR count). The number of ether oxygens (including phenoxy) is 1. The molecular weight excluding hydrogens is 387 g/mol. The summed E-state index contributed by atoms with van der Waals surface area (Å²) >= 11 is 1.50. The Morgan fingerprint density at radius 1 is 1.03 bits per heavy atom. The van der Waals surface area contributed by atoms with E-state index in [1.165, 1.54) is 23.9 Å². The Morgan fingerprint density at radius 3 is 2.62 bits per heavy atom. The number of pyridine rings is 1. The molecule has 2 aromatic heterocycles. The first-order chi connectivity index (χ1) is 14.2. The Balaban J connectivity index is 1.70. The molecule has 0 saturated heterocycles. The van der Waals surface area contributed by atoms with Crippen LogP contribution in [0.3, 0.4) is 0 Å². The number of nitrogens with zero attached hydrogens (tertiary/aromatic N) is 4. The SMILES string of the molecule is CCOc1ccc(-n2c(SCc3cccc(F)c3)nnc2-c2cccnc2)cc1. The van der Waals surface area contributed by atoms with E-state index in [1.54, 1.807) is 18.5 Å². The zero-order chi connectivity index (χ0) is 20.1. The lowest BCUT2D eigenvalue weighted by Gasteiger charge is -2.11. The van der Waals surface area contributed by atoms with Crippen LogP contribution in [0.15, 0.2) is 78.2 Å². The highest BCUT2D eigenvalue weighted by Crippen LogP contribution is 2.30. The minimum atomic E-state index is -0.243. The van der Waals surface area contributed by atoms with Gasteiger partial charge in [0.25, 0.3) is 0 Å². The van der Waals surface area contributed by atoms with Crippen molar-refractivity contribution >= 4 is 11.8 Å². The molecule has 0 atom stereocenters. The largest absolute Gasteiger partial charge is 0.494 e. The number of halogens is 1. The molecule has 0 saturated carbocycles. The van der Waals surface area contributed by atoms with Gasteiger partial charge in [-0.15, -0.1) is 10.2 Å². The molecule has 5 nitrogen and oxygen atoms in total. The zero-order valence-corrected chi connectivity index (χ0v) is 16.6. The summed E-state index contributed by atoms with van der Waals surface area (Å²) in [5, 5.41) is 9.51. The Labute approximate surface area is 172 Å². The van der Waals surface area contributed by atoms with Gasteiger partial charge in [0, 0.05) is 29.4 Å². The van der Waals surface area contributed by atoms with E-state index in [-0.39, 0.29) is 5.82 Å². The van der Waals surface area contributed by atoms with Crippen molar-refractivity contribution in [2.75, 3.05) is 6.61 Å². The third kappa shape index (κ3) is 4.46. The summed E-state index contributed by atoms with van der Waals surface area (Å²) in [4.78, 5) is 4.20. The second kappa shape index (κ2) is 8.87. The van der Waals surface area contributed by atoms with E-state index in [9.17, 15) is 4.39 Å². The Hall–Kier alpha value is -3.19. The van der Waals surface area contributed by atoms with Gasteiger partial charge in [-0.3, -0.25) is 9.55 Å². The third-order valence-electron chi connectivity index (χ3n) is 4.22. The molecule has 0 fully saturated rings. The molecule has 2 aromatic carbocycles. The fourth-order valence-corrected chi connectivity index (χ4v) is 3.81. The predicted molar refractivity (Wildman–Crippen MR) is 112 cm³/mol. The Kier molecular flexibility index (Phi) is 5.86. The molecule has 0 aliphatic carbocycles. The highest BCUT2D eigenvalue weighted by molar-refractivity contribution is 7.98. The van der Waals surface area contributed by atoms with E-state index < -0.39 is 0 Å². The first kappa shape index (κ1) is 19.1. The van der Waals surface area contributed by atoms with E-state index in [0.29, 0.717) is 18.2 Å². The van der Waals surface area contributed by atoms with Crippen LogP contribution in [0.1, 0.15) is 12.5 Å². The van der Waals surface area contributed by atoms with Crippen LogP contribution in [0.4, 0.5) is 4.39 Å². The summed E-state index contributed by atoms with van der Waals surface area (Å²) in [5.74, 6) is 1.84. The second-order valence-electron chi connectivity index (χ2n) is 6.23. The lowest BCUT2D eigenvalue weighted by atomic mass is 10.2. The Morgan fingerprint density at radius 2 is 1.90 bits per heavy atom. The van der Waals surface area contributed by atoms with E-state index >= 15 is 0 Å². The molecule has 0 radical (unpaired) electrons. The summed E-state index contributed by atoms with van der Waals surface area (Å²) < 4.78 is 21.0. The Bertz CT molecular complexity index is 1080. The van der Waals surface area contributed by atoms with Crippen LogP contribution in [0.5, 0.6) is 5.75 Å². The summed E-state index contributed by atoms with van der Waals surface area (Å²) in [5.41, 5.74) is 2.67. The van der Waals surface area contributed by atoms with Crippen LogP contribution < -0.4 is 4.74 Å². The predicted octanol–water partition coefficient (Wildman–Crippen LogP) is 5.16. The minimum Gasteiger partial charge on any atom is -0.494 e. The average molecular weight is 406 g/mol. The number of benzene rings is 2. The van der Waals surface area contributed by atoms with E-state index in [2.05, 4.69) is 15.2 Å². The van der Waals surface area contributed by atoms with Crippen LogP contribution in [-0.4, -0.2) is 26.4 Å². The third-order valence-corrected chi connectivity index (χ3v) is 5.22. The van der Waals surface area contributed by atoms with Crippen LogP contribution in [0.2, 0.25) is 0 Å². The molecule has 0 unspecified atom stereocenters. The van der Waals surface area contributed by atoms with Crippen LogP contribution in [0.25, 0.3) is 17.1 Å². The number of thioether (sulfide) groups is 1. The average Bonchev–Trinajstić information content (AvgIpc) is 3.18. The summed E-state index contributed by atoms with van der Waals surface area (Å²) in [6.45, 7) is 2.57. The quantitative estimate of drug-likeness (QED) is 0.397. The number of rotatable bonds is 7. The van der Waals surface area contributed by atoms with Gasteiger partial charge in [0.15, 0.2) is 11.0 Å². The van der Waals surface area contributed by atoms with Crippen LogP contribution in [0, 0.1) is 5.82 Å². The van der Waals surface area contributed by atoms with Crippen molar-refractivity contribution < 1.29 is 9.13 Å². The highest BCUT2D eigenvalue weighted by atomic mass is 32.2. The minimum absolute atomic E-state index is 0.243. The van der Waals surface area contributed by atoms with Gasteiger partial charge in [-0.25, -0.2) is 4.39 Å². The van der Waals surface area contributed by atoms with Crippen molar-refractivity contribution in [3.05, 3.63) is 84.4 Å². The lowest BCUT2D eigenvalue weighted by molar-refractivity contribution is 0.340. The maximum atomic E-state index is 13.5. The first-order valence-electron chi connectivity index (χ1n) is 9.21. The highest BCUT2D eigenvalue weighted by Gasteiger charge is 2.16. The number of hydrogen-bond acceptors (Lipinski definition) is 5. The van der Waals surface area contributed by atoms with Crippen molar-refractivity contribution in [3.8, 4) is 22.8 Å². The molecule has 146 valence electrons. The molecular formula is C22H19FN4OS. The van der Waals surface area contributed by atoms with E-state index in [0.717, 1.165) is 27.7 Å². The van der Waals surface area contributed by atoms with Gasteiger partial charge in [0.2, 0.25) is 0 Å². The molecule has 0 aliphatic rings. The molecule has 7 heteroatoms. The molecule has 0 N–H and O–H groups in total. The maximum Gasteiger partial charge on any atom is 0.196 e. The van der Waals surface area contributed by atoms with Crippen molar-refractivity contribution in [1.29, 1.82) is 0 Å². The fraction of sp³-hybridized carbons (Fsp3) is 0.136. The number of hydrogen-bond donors (Lipinski definition) is 0. The van der Waals surface area contributed by atoms with Crippen molar-refractivity contribution in [2.24, 2.45) is 0 Å². The van der Waals surface area contributed by atoms with Crippen molar-refractivity contribution in [2.45, 2.75) is 17.8 Å². The number of aromatic nitrogens is 4. The molecule has 0 spiro atoms. The molecule has 0 amide bonds. The van der Waals surface area contributed by atoms with Gasteiger partial charge >= 0.3 is 0 Å². The van der Waals surface area contributed by atoms with E-state index in [4.69, 9.17) is 4.74 Å². The van der Waals surface area contributed by atoms with Gasteiger partial charge in [0.1, 0.15) is 11.6 Å². The van der Waals surface area contributed by atoms with Gasteiger partial charge in [0.05, 0.1) is 6.61 Å². The van der Waals surface area contributed by atoms with Crippen molar-refractivity contribution in [1.82, 2.24) is 19.7 Å². The molecule has 2 heterocycles. The standard InChI is InChI=1S/C22H19FN4OS/c1-2-28-20-10-8-19(9-11-20)27-21(17-6-4-12-24-14-17)25-26-22(27)29-15-16-5-3-7-18(23)13-16/h3-14H,2,15H2,1H3. The molecule has 29 heavy (non-hydrogen) atoms. The van der Waals surface area contributed by atoms with Crippen LogP contribution in [-0.2, 0) is 5.75 Å². The molecule has 0 bridgehead atoms. The summed E-state index contributed by atoms with van der Waals surface area (Å²) in [7, 11) is 0. The maximum absolute atomic E-state index is 13.5. The van der Waals surface area contributed by atoms with Gasteiger partial charge in [-0.05, 0) is 61.0 Å².